The third kappa shape index (κ3) is 3.59. The maximum atomic E-state index is 13.1. The fourth-order valence-electron chi connectivity index (χ4n) is 4.87. The molecule has 1 aliphatic rings. The van der Waals surface area contributed by atoms with E-state index in [1.807, 2.05) is 95.2 Å². The van der Waals surface area contributed by atoms with Crippen LogP contribution < -0.4 is 0 Å². The van der Waals surface area contributed by atoms with Crippen LogP contribution >= 0.6 is 0 Å². The van der Waals surface area contributed by atoms with Crippen LogP contribution in [0.15, 0.2) is 85.2 Å². The zero-order valence-corrected chi connectivity index (χ0v) is 18.2. The third-order valence-corrected chi connectivity index (χ3v) is 6.64. The maximum Gasteiger partial charge on any atom is 0.274 e. The molecule has 162 valence electrons. The summed E-state index contributed by atoms with van der Waals surface area (Å²) in [6.07, 6.45) is 5.17. The second kappa shape index (κ2) is 8.24. The molecular weight excluding hydrogens is 398 g/mol. The fourth-order valence-corrected chi connectivity index (χ4v) is 4.87. The van der Waals surface area contributed by atoms with Crippen molar-refractivity contribution in [1.29, 1.82) is 0 Å². The minimum absolute atomic E-state index is 0.0140. The first-order chi connectivity index (χ1) is 15.6. The van der Waals surface area contributed by atoms with Crippen molar-refractivity contribution >= 4 is 11.6 Å². The van der Waals surface area contributed by atoms with Crippen molar-refractivity contribution in [3.05, 3.63) is 108 Å². The van der Waals surface area contributed by atoms with Crippen LogP contribution in [-0.2, 0) is 5.60 Å². The van der Waals surface area contributed by atoms with Gasteiger partial charge in [-0.25, -0.2) is 4.98 Å². The molecule has 0 bridgehead atoms. The molecule has 0 radical (unpaired) electrons. The molecule has 0 atom stereocenters. The Morgan fingerprint density at radius 2 is 1.56 bits per heavy atom. The molecule has 2 aromatic heterocycles. The molecule has 5 heteroatoms. The largest absolute Gasteiger partial charge is 0.380 e. The average Bonchev–Trinajstić information content (AvgIpc) is 3.27. The summed E-state index contributed by atoms with van der Waals surface area (Å²) in [4.78, 5) is 19.5. The van der Waals surface area contributed by atoms with E-state index in [1.54, 1.807) is 6.20 Å². The van der Waals surface area contributed by atoms with Crippen molar-refractivity contribution in [2.75, 3.05) is 13.1 Å². The molecule has 0 saturated carbocycles. The Kier molecular flexibility index (Phi) is 5.27. The SMILES string of the molecule is Cc1ccn2cc(C(=O)N3CCC(C(O)(c4ccccc4)c4ccccc4)CC3)nc2c1. The van der Waals surface area contributed by atoms with Crippen molar-refractivity contribution in [2.24, 2.45) is 5.92 Å². The fraction of sp³-hybridized carbons (Fsp3) is 0.259. The summed E-state index contributed by atoms with van der Waals surface area (Å²) in [6.45, 7) is 3.21. The van der Waals surface area contributed by atoms with E-state index in [9.17, 15) is 9.90 Å². The second-order valence-electron chi connectivity index (χ2n) is 8.66. The number of hydrogen-bond acceptors (Lipinski definition) is 3. The number of aliphatic hydroxyl groups is 1. The van der Waals surface area contributed by atoms with Gasteiger partial charge in [-0.15, -0.1) is 0 Å². The molecule has 2 aromatic carbocycles. The number of amides is 1. The topological polar surface area (TPSA) is 57.8 Å². The van der Waals surface area contributed by atoms with Gasteiger partial charge in [-0.05, 0) is 54.5 Å². The normalized spacial score (nSPS) is 15.2. The quantitative estimate of drug-likeness (QED) is 0.526. The summed E-state index contributed by atoms with van der Waals surface area (Å²) in [5, 5.41) is 12.0. The summed E-state index contributed by atoms with van der Waals surface area (Å²) < 4.78 is 1.89. The van der Waals surface area contributed by atoms with Gasteiger partial charge < -0.3 is 14.4 Å². The lowest BCUT2D eigenvalue weighted by Crippen LogP contribution is -2.46. The summed E-state index contributed by atoms with van der Waals surface area (Å²) in [7, 11) is 0. The lowest BCUT2D eigenvalue weighted by atomic mass is 9.72. The Morgan fingerprint density at radius 3 is 2.16 bits per heavy atom. The molecule has 3 heterocycles. The van der Waals surface area contributed by atoms with E-state index in [1.165, 1.54) is 0 Å². The number of carbonyl (C=O) groups excluding carboxylic acids is 1. The van der Waals surface area contributed by atoms with Crippen LogP contribution in [-0.4, -0.2) is 38.4 Å². The van der Waals surface area contributed by atoms with Gasteiger partial charge in [0.2, 0.25) is 0 Å². The lowest BCUT2D eigenvalue weighted by molar-refractivity contribution is -0.0123. The molecule has 0 unspecified atom stereocenters. The summed E-state index contributed by atoms with van der Waals surface area (Å²) >= 11 is 0. The highest BCUT2D eigenvalue weighted by Gasteiger charge is 2.42. The number of nitrogens with zero attached hydrogens (tertiary/aromatic N) is 3. The van der Waals surface area contributed by atoms with Gasteiger partial charge in [0, 0.05) is 25.5 Å². The first kappa shape index (κ1) is 20.5. The Morgan fingerprint density at radius 1 is 0.969 bits per heavy atom. The van der Waals surface area contributed by atoms with Gasteiger partial charge in [-0.3, -0.25) is 4.79 Å². The van der Waals surface area contributed by atoms with Crippen LogP contribution in [0.25, 0.3) is 5.65 Å². The van der Waals surface area contributed by atoms with Crippen LogP contribution in [0.2, 0.25) is 0 Å². The molecule has 5 nitrogen and oxygen atoms in total. The van der Waals surface area contributed by atoms with Gasteiger partial charge in [0.1, 0.15) is 16.9 Å². The van der Waals surface area contributed by atoms with Crippen molar-refractivity contribution in [1.82, 2.24) is 14.3 Å². The maximum absolute atomic E-state index is 13.1. The predicted molar refractivity (Wildman–Crippen MR) is 124 cm³/mol. The Hall–Kier alpha value is -3.44. The number of carbonyl (C=O) groups is 1. The van der Waals surface area contributed by atoms with E-state index >= 15 is 0 Å². The van der Waals surface area contributed by atoms with E-state index in [4.69, 9.17) is 0 Å². The minimum atomic E-state index is -1.09. The van der Waals surface area contributed by atoms with Gasteiger partial charge in [0.05, 0.1) is 0 Å². The number of aromatic nitrogens is 2. The van der Waals surface area contributed by atoms with Crippen LogP contribution in [0.4, 0.5) is 0 Å². The number of benzene rings is 2. The van der Waals surface area contributed by atoms with E-state index in [2.05, 4.69) is 4.98 Å². The van der Waals surface area contributed by atoms with Crippen molar-refractivity contribution in [2.45, 2.75) is 25.4 Å². The second-order valence-corrected chi connectivity index (χ2v) is 8.66. The zero-order chi connectivity index (χ0) is 22.1. The van der Waals surface area contributed by atoms with Crippen LogP contribution in [0.1, 0.15) is 40.0 Å². The molecule has 1 N–H and O–H groups in total. The molecule has 32 heavy (non-hydrogen) atoms. The van der Waals surface area contributed by atoms with Gasteiger partial charge in [0.15, 0.2) is 0 Å². The van der Waals surface area contributed by atoms with E-state index in [0.29, 0.717) is 18.8 Å². The first-order valence-electron chi connectivity index (χ1n) is 11.1. The lowest BCUT2D eigenvalue weighted by Gasteiger charge is -2.42. The standard InChI is InChI=1S/C27H27N3O2/c1-20-12-15-30-19-24(28-25(30)18-20)26(31)29-16-13-23(14-17-29)27(32,21-8-4-2-5-9-21)22-10-6-3-7-11-22/h2-12,15,18-19,23,32H,13-14,16-17H2,1H3. The summed E-state index contributed by atoms with van der Waals surface area (Å²) in [5.74, 6) is -0.0344. The molecule has 5 rings (SSSR count). The number of fused-ring (bicyclic) bond motifs is 1. The minimum Gasteiger partial charge on any atom is -0.380 e. The van der Waals surface area contributed by atoms with Gasteiger partial charge in [-0.2, -0.15) is 0 Å². The Balaban J connectivity index is 1.37. The number of piperidine rings is 1. The van der Waals surface area contributed by atoms with Crippen LogP contribution in [0.5, 0.6) is 0 Å². The highest BCUT2D eigenvalue weighted by atomic mass is 16.3. The predicted octanol–water partition coefficient (Wildman–Crippen LogP) is 4.43. The number of aryl methyl sites for hydroxylation is 1. The molecule has 1 aliphatic heterocycles. The van der Waals surface area contributed by atoms with Gasteiger partial charge in [-0.1, -0.05) is 60.7 Å². The van der Waals surface area contributed by atoms with Crippen molar-refractivity contribution < 1.29 is 9.90 Å². The van der Waals surface area contributed by atoms with Crippen LogP contribution in [0, 0.1) is 12.8 Å². The number of imidazole rings is 1. The molecular formula is C27H27N3O2. The van der Waals surface area contributed by atoms with Crippen molar-refractivity contribution in [3.63, 3.8) is 0 Å². The van der Waals surface area contributed by atoms with Gasteiger partial charge in [0.25, 0.3) is 5.91 Å². The zero-order valence-electron chi connectivity index (χ0n) is 18.2. The molecule has 0 spiro atoms. The molecule has 0 aliphatic carbocycles. The van der Waals surface area contributed by atoms with Crippen molar-refractivity contribution in [3.8, 4) is 0 Å². The molecule has 1 saturated heterocycles. The van der Waals surface area contributed by atoms with Gasteiger partial charge >= 0.3 is 0 Å². The van der Waals surface area contributed by atoms with E-state index in [-0.39, 0.29) is 11.8 Å². The summed E-state index contributed by atoms with van der Waals surface area (Å²) in [5.41, 5.74) is 3.07. The number of likely N-dealkylation sites (tertiary alicyclic amines) is 1. The smallest absolute Gasteiger partial charge is 0.274 e. The summed E-state index contributed by atoms with van der Waals surface area (Å²) in [6, 6.07) is 23.7. The first-order valence-corrected chi connectivity index (χ1v) is 11.1. The van der Waals surface area contributed by atoms with Crippen LogP contribution in [0.3, 0.4) is 0 Å². The van der Waals surface area contributed by atoms with E-state index < -0.39 is 5.60 Å². The number of rotatable bonds is 4. The Bertz CT molecular complexity index is 1190. The number of hydrogen-bond donors (Lipinski definition) is 1. The third-order valence-electron chi connectivity index (χ3n) is 6.64. The molecule has 1 fully saturated rings. The monoisotopic (exact) mass is 425 g/mol. The highest BCUT2D eigenvalue weighted by molar-refractivity contribution is 5.93. The Labute approximate surface area is 188 Å². The molecule has 4 aromatic rings. The highest BCUT2D eigenvalue weighted by Crippen LogP contribution is 2.42. The number of pyridine rings is 1. The van der Waals surface area contributed by atoms with E-state index in [0.717, 1.165) is 35.2 Å². The molecule has 1 amide bonds. The average molecular weight is 426 g/mol.